The molecule has 1 aliphatic rings. The van der Waals surface area contributed by atoms with Gasteiger partial charge in [-0.05, 0) is 38.5 Å². The average Bonchev–Trinajstić information content (AvgIpc) is 2.37. The highest BCUT2D eigenvalue weighted by Crippen LogP contribution is 2.32. The van der Waals surface area contributed by atoms with Crippen LogP contribution in [0.4, 0.5) is 0 Å². The van der Waals surface area contributed by atoms with Gasteiger partial charge in [-0.1, -0.05) is 26.2 Å². The molecule has 2 N–H and O–H groups in total. The van der Waals surface area contributed by atoms with Gasteiger partial charge in [0, 0.05) is 19.6 Å². The third-order valence-electron chi connectivity index (χ3n) is 4.37. The molecule has 0 heterocycles. The first kappa shape index (κ1) is 15.5. The summed E-state index contributed by atoms with van der Waals surface area (Å²) in [6, 6.07) is 0. The van der Waals surface area contributed by atoms with Crippen LogP contribution in [-0.2, 0) is 4.79 Å². The second-order valence-electron chi connectivity index (χ2n) is 5.82. The maximum atomic E-state index is 12.3. The molecule has 1 amide bonds. The zero-order chi connectivity index (χ0) is 13.5. The van der Waals surface area contributed by atoms with E-state index in [1.54, 1.807) is 0 Å². The molecule has 0 radical (unpaired) electrons. The maximum absolute atomic E-state index is 12.3. The quantitative estimate of drug-likeness (QED) is 0.792. The number of rotatable bonds is 6. The second kappa shape index (κ2) is 7.78. The summed E-state index contributed by atoms with van der Waals surface area (Å²) < 4.78 is 0. The van der Waals surface area contributed by atoms with E-state index in [9.17, 15) is 4.79 Å². The lowest BCUT2D eigenvalue weighted by atomic mass is 9.78. The third kappa shape index (κ3) is 4.27. The first-order valence-corrected chi connectivity index (χ1v) is 7.61. The largest absolute Gasteiger partial charge is 0.343 e. The van der Waals surface area contributed by atoms with Gasteiger partial charge in [-0.3, -0.25) is 4.79 Å². The van der Waals surface area contributed by atoms with Gasteiger partial charge in [0.05, 0.1) is 5.92 Å². The van der Waals surface area contributed by atoms with Crippen LogP contribution in [0.3, 0.4) is 0 Å². The number of carbonyl (C=O) groups is 1. The van der Waals surface area contributed by atoms with Crippen molar-refractivity contribution in [3.05, 3.63) is 0 Å². The van der Waals surface area contributed by atoms with Gasteiger partial charge in [-0.15, -0.1) is 0 Å². The predicted molar refractivity (Wildman–Crippen MR) is 76.2 cm³/mol. The molecule has 0 aromatic rings. The molecule has 0 aromatic carbocycles. The number of nitrogens with two attached hydrogens (primary N) is 1. The summed E-state index contributed by atoms with van der Waals surface area (Å²) in [7, 11) is 0. The van der Waals surface area contributed by atoms with Crippen molar-refractivity contribution in [1.82, 2.24) is 4.90 Å². The number of carbonyl (C=O) groups excluding carboxylic acids is 1. The molecule has 1 fully saturated rings. The van der Waals surface area contributed by atoms with E-state index in [1.165, 1.54) is 25.7 Å². The van der Waals surface area contributed by atoms with E-state index >= 15 is 0 Å². The van der Waals surface area contributed by atoms with E-state index < -0.39 is 0 Å². The molecule has 3 nitrogen and oxygen atoms in total. The topological polar surface area (TPSA) is 46.3 Å². The Labute approximate surface area is 112 Å². The van der Waals surface area contributed by atoms with Crippen molar-refractivity contribution in [2.24, 2.45) is 23.5 Å². The Morgan fingerprint density at radius 2 is 2.00 bits per heavy atom. The van der Waals surface area contributed by atoms with E-state index in [4.69, 9.17) is 5.73 Å². The minimum absolute atomic E-state index is 0.0419. The minimum atomic E-state index is 0.0419. The van der Waals surface area contributed by atoms with Gasteiger partial charge in [0.1, 0.15) is 0 Å². The van der Waals surface area contributed by atoms with Crippen molar-refractivity contribution in [3.63, 3.8) is 0 Å². The summed E-state index contributed by atoms with van der Waals surface area (Å²) in [6.45, 7) is 8.51. The molecule has 106 valence electrons. The van der Waals surface area contributed by atoms with Crippen LogP contribution in [0.1, 0.15) is 52.9 Å². The average molecular weight is 254 g/mol. The fraction of sp³-hybridized carbons (Fsp3) is 0.933. The fourth-order valence-electron chi connectivity index (χ4n) is 3.27. The summed E-state index contributed by atoms with van der Waals surface area (Å²) in [5, 5.41) is 0. The molecule has 1 saturated carbocycles. The van der Waals surface area contributed by atoms with Crippen LogP contribution in [0, 0.1) is 17.8 Å². The SMILES string of the molecule is CCN(CC)C(=O)C(CN)CC1CCCC(C)C1. The summed E-state index contributed by atoms with van der Waals surface area (Å²) >= 11 is 0. The Kier molecular flexibility index (Phi) is 6.69. The van der Waals surface area contributed by atoms with Gasteiger partial charge in [0.2, 0.25) is 5.91 Å². The van der Waals surface area contributed by atoms with Crippen molar-refractivity contribution in [2.75, 3.05) is 19.6 Å². The van der Waals surface area contributed by atoms with Crippen molar-refractivity contribution in [2.45, 2.75) is 52.9 Å². The molecule has 3 unspecified atom stereocenters. The van der Waals surface area contributed by atoms with Gasteiger partial charge in [0.15, 0.2) is 0 Å². The number of hydrogen-bond acceptors (Lipinski definition) is 2. The van der Waals surface area contributed by atoms with Crippen LogP contribution >= 0.6 is 0 Å². The summed E-state index contributed by atoms with van der Waals surface area (Å²) in [5.74, 6) is 1.84. The number of hydrogen-bond donors (Lipinski definition) is 1. The van der Waals surface area contributed by atoms with E-state index in [0.29, 0.717) is 12.5 Å². The zero-order valence-electron chi connectivity index (χ0n) is 12.3. The Bertz CT molecular complexity index is 251. The van der Waals surface area contributed by atoms with Crippen LogP contribution in [-0.4, -0.2) is 30.4 Å². The normalized spacial score (nSPS) is 25.8. The summed E-state index contributed by atoms with van der Waals surface area (Å²) in [5.41, 5.74) is 5.83. The van der Waals surface area contributed by atoms with Crippen LogP contribution in [0.2, 0.25) is 0 Å². The zero-order valence-corrected chi connectivity index (χ0v) is 12.3. The molecule has 0 aromatic heterocycles. The Morgan fingerprint density at radius 3 is 2.50 bits per heavy atom. The van der Waals surface area contributed by atoms with Gasteiger partial charge in [-0.2, -0.15) is 0 Å². The minimum Gasteiger partial charge on any atom is -0.343 e. The monoisotopic (exact) mass is 254 g/mol. The molecule has 1 aliphatic carbocycles. The maximum Gasteiger partial charge on any atom is 0.226 e. The molecule has 0 bridgehead atoms. The first-order chi connectivity index (χ1) is 8.62. The lowest BCUT2D eigenvalue weighted by Crippen LogP contribution is -2.40. The Morgan fingerprint density at radius 1 is 1.33 bits per heavy atom. The first-order valence-electron chi connectivity index (χ1n) is 7.61. The molecule has 1 rings (SSSR count). The van der Waals surface area contributed by atoms with Gasteiger partial charge in [-0.25, -0.2) is 0 Å². The molecular formula is C15H30N2O. The highest BCUT2D eigenvalue weighted by atomic mass is 16.2. The van der Waals surface area contributed by atoms with Crippen molar-refractivity contribution >= 4 is 5.91 Å². The van der Waals surface area contributed by atoms with E-state index in [0.717, 1.165) is 25.4 Å². The standard InChI is InChI=1S/C15H30N2O/c1-4-17(5-2)15(18)14(11-16)10-13-8-6-7-12(3)9-13/h12-14H,4-11,16H2,1-3H3. The lowest BCUT2D eigenvalue weighted by molar-refractivity contribution is -0.135. The fourth-order valence-corrected chi connectivity index (χ4v) is 3.27. The second-order valence-corrected chi connectivity index (χ2v) is 5.82. The van der Waals surface area contributed by atoms with Crippen LogP contribution < -0.4 is 5.73 Å². The van der Waals surface area contributed by atoms with Gasteiger partial charge in [0.25, 0.3) is 0 Å². The van der Waals surface area contributed by atoms with E-state index in [2.05, 4.69) is 6.92 Å². The highest BCUT2D eigenvalue weighted by Gasteiger charge is 2.27. The van der Waals surface area contributed by atoms with Crippen molar-refractivity contribution in [1.29, 1.82) is 0 Å². The van der Waals surface area contributed by atoms with Crippen LogP contribution in [0.5, 0.6) is 0 Å². The van der Waals surface area contributed by atoms with Crippen molar-refractivity contribution in [3.8, 4) is 0 Å². The molecular weight excluding hydrogens is 224 g/mol. The third-order valence-corrected chi connectivity index (χ3v) is 4.37. The van der Waals surface area contributed by atoms with Gasteiger partial charge >= 0.3 is 0 Å². The van der Waals surface area contributed by atoms with E-state index in [-0.39, 0.29) is 11.8 Å². The predicted octanol–water partition coefficient (Wildman–Crippen LogP) is 2.65. The summed E-state index contributed by atoms with van der Waals surface area (Å²) in [6.07, 6.45) is 6.24. The lowest BCUT2D eigenvalue weighted by Gasteiger charge is -2.31. The molecule has 3 heteroatoms. The number of nitrogens with zero attached hydrogens (tertiary/aromatic N) is 1. The molecule has 0 aliphatic heterocycles. The molecule has 18 heavy (non-hydrogen) atoms. The Balaban J connectivity index is 2.52. The van der Waals surface area contributed by atoms with Crippen LogP contribution in [0.25, 0.3) is 0 Å². The summed E-state index contributed by atoms with van der Waals surface area (Å²) in [4.78, 5) is 14.3. The van der Waals surface area contributed by atoms with E-state index in [1.807, 2.05) is 18.7 Å². The van der Waals surface area contributed by atoms with Crippen LogP contribution in [0.15, 0.2) is 0 Å². The van der Waals surface area contributed by atoms with Gasteiger partial charge < -0.3 is 10.6 Å². The highest BCUT2D eigenvalue weighted by molar-refractivity contribution is 5.79. The Hall–Kier alpha value is -0.570. The molecule has 0 saturated heterocycles. The smallest absolute Gasteiger partial charge is 0.226 e. The molecule has 0 spiro atoms. The molecule has 3 atom stereocenters. The number of amides is 1. The van der Waals surface area contributed by atoms with Crippen molar-refractivity contribution < 1.29 is 4.79 Å².